The van der Waals surface area contributed by atoms with Gasteiger partial charge in [-0.1, -0.05) is 36.4 Å². The van der Waals surface area contributed by atoms with Crippen LogP contribution in [0.4, 0.5) is 4.39 Å². The lowest BCUT2D eigenvalue weighted by Gasteiger charge is -2.02. The number of fused-ring (bicyclic) bond motifs is 1. The van der Waals surface area contributed by atoms with Crippen molar-refractivity contribution < 1.29 is 13.9 Å². The van der Waals surface area contributed by atoms with E-state index in [0.29, 0.717) is 5.69 Å². The monoisotopic (exact) mass is 307 g/mol. The van der Waals surface area contributed by atoms with Gasteiger partial charge in [-0.25, -0.2) is 14.2 Å². The second-order valence-corrected chi connectivity index (χ2v) is 5.00. The quantitative estimate of drug-likeness (QED) is 0.537. The Hall–Kier alpha value is -3.01. The molecule has 0 unspecified atom stereocenters. The van der Waals surface area contributed by atoms with E-state index < -0.39 is 5.97 Å². The Morgan fingerprint density at radius 3 is 2.65 bits per heavy atom. The Balaban J connectivity index is 1.61. The average Bonchev–Trinajstić information content (AvgIpc) is 2.59. The highest BCUT2D eigenvalue weighted by atomic mass is 19.1. The van der Waals surface area contributed by atoms with E-state index in [-0.39, 0.29) is 12.4 Å². The highest BCUT2D eigenvalue weighted by Gasteiger charge is 2.00. The number of esters is 1. The number of rotatable bonds is 4. The van der Waals surface area contributed by atoms with Gasteiger partial charge < -0.3 is 4.74 Å². The number of benzene rings is 2. The Bertz CT molecular complexity index is 857. The Kier molecular flexibility index (Phi) is 4.43. The second-order valence-electron chi connectivity index (χ2n) is 5.00. The fraction of sp³-hybridized carbons (Fsp3) is 0.0526. The van der Waals surface area contributed by atoms with Crippen LogP contribution in [0.15, 0.2) is 66.7 Å². The average molecular weight is 307 g/mol. The summed E-state index contributed by atoms with van der Waals surface area (Å²) in [6.45, 7) is 0.106. The molecule has 0 bridgehead atoms. The van der Waals surface area contributed by atoms with Gasteiger partial charge in [-0.15, -0.1) is 0 Å². The van der Waals surface area contributed by atoms with Gasteiger partial charge in [0.05, 0.1) is 11.2 Å². The van der Waals surface area contributed by atoms with Gasteiger partial charge in [0.25, 0.3) is 0 Å². The van der Waals surface area contributed by atoms with Crippen LogP contribution in [0.1, 0.15) is 11.3 Å². The van der Waals surface area contributed by atoms with Crippen molar-refractivity contribution in [2.75, 3.05) is 0 Å². The molecule has 0 spiro atoms. The van der Waals surface area contributed by atoms with E-state index in [9.17, 15) is 9.18 Å². The molecule has 0 aliphatic heterocycles. The molecule has 3 rings (SSSR count). The highest BCUT2D eigenvalue weighted by Crippen LogP contribution is 2.12. The number of ether oxygens (including phenoxy) is 1. The van der Waals surface area contributed by atoms with Crippen LogP contribution in [0, 0.1) is 5.82 Å². The van der Waals surface area contributed by atoms with Crippen LogP contribution in [0.25, 0.3) is 17.0 Å². The number of aromatic nitrogens is 1. The molecule has 3 nitrogen and oxygen atoms in total. The molecule has 0 saturated carbocycles. The smallest absolute Gasteiger partial charge is 0.331 e. The lowest BCUT2D eigenvalue weighted by Crippen LogP contribution is -2.00. The largest absolute Gasteiger partial charge is 0.458 e. The summed E-state index contributed by atoms with van der Waals surface area (Å²) >= 11 is 0. The molecule has 0 aliphatic rings. The van der Waals surface area contributed by atoms with Gasteiger partial charge in [0.2, 0.25) is 0 Å². The minimum atomic E-state index is -0.468. The normalized spacial score (nSPS) is 11.0. The van der Waals surface area contributed by atoms with Gasteiger partial charge in [-0.05, 0) is 35.9 Å². The molecule has 0 amide bonds. The predicted octanol–water partition coefficient (Wildman–Crippen LogP) is 4.13. The molecular weight excluding hydrogens is 293 g/mol. The first-order valence-electron chi connectivity index (χ1n) is 7.16. The maximum atomic E-state index is 12.8. The number of para-hydroxylation sites is 1. The fourth-order valence-electron chi connectivity index (χ4n) is 2.11. The van der Waals surface area contributed by atoms with E-state index in [4.69, 9.17) is 4.74 Å². The van der Waals surface area contributed by atoms with Crippen LogP contribution < -0.4 is 0 Å². The Morgan fingerprint density at radius 1 is 1.04 bits per heavy atom. The first kappa shape index (κ1) is 14.9. The molecule has 1 heterocycles. The van der Waals surface area contributed by atoms with E-state index in [0.717, 1.165) is 16.5 Å². The van der Waals surface area contributed by atoms with Gasteiger partial charge in [0, 0.05) is 11.5 Å². The standard InChI is InChI=1S/C19H14FNO2/c20-16-8-5-14(6-9-16)13-23-19(22)12-11-17-10-7-15-3-1-2-4-18(15)21-17/h1-12H,13H2. The summed E-state index contributed by atoms with van der Waals surface area (Å²) in [6.07, 6.45) is 2.94. The molecule has 1 aromatic heterocycles. The maximum absolute atomic E-state index is 12.8. The molecule has 0 radical (unpaired) electrons. The lowest BCUT2D eigenvalue weighted by atomic mass is 10.2. The zero-order valence-electron chi connectivity index (χ0n) is 12.3. The van der Waals surface area contributed by atoms with Crippen molar-refractivity contribution >= 4 is 22.9 Å². The van der Waals surface area contributed by atoms with Gasteiger partial charge >= 0.3 is 5.97 Å². The number of carbonyl (C=O) groups is 1. The molecule has 114 valence electrons. The third kappa shape index (κ3) is 4.01. The zero-order chi connectivity index (χ0) is 16.1. The van der Waals surface area contributed by atoms with Crippen molar-refractivity contribution in [2.24, 2.45) is 0 Å². The van der Waals surface area contributed by atoms with E-state index in [1.54, 1.807) is 18.2 Å². The van der Waals surface area contributed by atoms with E-state index in [1.165, 1.54) is 18.2 Å². The van der Waals surface area contributed by atoms with Gasteiger partial charge in [-0.3, -0.25) is 0 Å². The molecule has 0 aliphatic carbocycles. The molecular formula is C19H14FNO2. The van der Waals surface area contributed by atoms with E-state index in [2.05, 4.69) is 4.98 Å². The van der Waals surface area contributed by atoms with Crippen molar-refractivity contribution in [1.82, 2.24) is 4.98 Å². The molecule has 0 N–H and O–H groups in total. The summed E-state index contributed by atoms with van der Waals surface area (Å²) in [5.74, 6) is -0.786. The minimum absolute atomic E-state index is 0.106. The van der Waals surface area contributed by atoms with Gasteiger partial charge in [0.15, 0.2) is 0 Å². The van der Waals surface area contributed by atoms with Crippen LogP contribution in [0.5, 0.6) is 0 Å². The minimum Gasteiger partial charge on any atom is -0.458 e. The lowest BCUT2D eigenvalue weighted by molar-refractivity contribution is -0.138. The maximum Gasteiger partial charge on any atom is 0.331 e. The van der Waals surface area contributed by atoms with Crippen molar-refractivity contribution in [3.8, 4) is 0 Å². The summed E-state index contributed by atoms with van der Waals surface area (Å²) in [6, 6.07) is 17.4. The molecule has 23 heavy (non-hydrogen) atoms. The first-order chi connectivity index (χ1) is 11.2. The zero-order valence-corrected chi connectivity index (χ0v) is 12.3. The number of hydrogen-bond donors (Lipinski definition) is 0. The van der Waals surface area contributed by atoms with E-state index >= 15 is 0 Å². The SMILES string of the molecule is O=C(C=Cc1ccc2ccccc2n1)OCc1ccc(F)cc1. The van der Waals surface area contributed by atoms with Gasteiger partial charge in [-0.2, -0.15) is 0 Å². The van der Waals surface area contributed by atoms with Crippen LogP contribution in [-0.4, -0.2) is 11.0 Å². The summed E-state index contributed by atoms with van der Waals surface area (Å²) in [4.78, 5) is 16.1. The van der Waals surface area contributed by atoms with Crippen LogP contribution in [0.3, 0.4) is 0 Å². The molecule has 4 heteroatoms. The second kappa shape index (κ2) is 6.83. The van der Waals surface area contributed by atoms with Crippen molar-refractivity contribution in [1.29, 1.82) is 0 Å². The summed E-state index contributed by atoms with van der Waals surface area (Å²) in [5, 5.41) is 1.04. The number of carbonyl (C=O) groups excluding carboxylic acids is 1. The predicted molar refractivity (Wildman–Crippen MR) is 87.0 cm³/mol. The third-order valence-electron chi connectivity index (χ3n) is 3.30. The van der Waals surface area contributed by atoms with Gasteiger partial charge in [0.1, 0.15) is 12.4 Å². The van der Waals surface area contributed by atoms with Crippen molar-refractivity contribution in [2.45, 2.75) is 6.61 Å². The fourth-order valence-corrected chi connectivity index (χ4v) is 2.11. The highest BCUT2D eigenvalue weighted by molar-refractivity contribution is 5.87. The Morgan fingerprint density at radius 2 is 1.83 bits per heavy atom. The van der Waals surface area contributed by atoms with Crippen LogP contribution >= 0.6 is 0 Å². The van der Waals surface area contributed by atoms with Crippen LogP contribution in [-0.2, 0) is 16.1 Å². The molecule has 3 aromatic rings. The summed E-state index contributed by atoms with van der Waals surface area (Å²) in [7, 11) is 0. The first-order valence-corrected chi connectivity index (χ1v) is 7.16. The van der Waals surface area contributed by atoms with Crippen molar-refractivity contribution in [3.63, 3.8) is 0 Å². The third-order valence-corrected chi connectivity index (χ3v) is 3.30. The van der Waals surface area contributed by atoms with Crippen molar-refractivity contribution in [3.05, 3.63) is 83.8 Å². The number of hydrogen-bond acceptors (Lipinski definition) is 3. The topological polar surface area (TPSA) is 39.2 Å². The summed E-state index contributed by atoms with van der Waals surface area (Å²) in [5.41, 5.74) is 2.29. The number of halogens is 1. The number of nitrogens with zero attached hydrogens (tertiary/aromatic N) is 1. The molecule has 0 fully saturated rings. The summed E-state index contributed by atoms with van der Waals surface area (Å²) < 4.78 is 17.9. The number of pyridine rings is 1. The van der Waals surface area contributed by atoms with Crippen LogP contribution in [0.2, 0.25) is 0 Å². The Labute approximate surface area is 133 Å². The molecule has 0 atom stereocenters. The molecule has 0 saturated heterocycles. The molecule has 2 aromatic carbocycles. The van der Waals surface area contributed by atoms with E-state index in [1.807, 2.05) is 36.4 Å².